The number of hydrogen-bond acceptors (Lipinski definition) is 3. The van der Waals surface area contributed by atoms with Crippen molar-refractivity contribution < 1.29 is 4.79 Å². The van der Waals surface area contributed by atoms with Crippen molar-refractivity contribution in [3.05, 3.63) is 84.8 Å². The molecule has 0 bridgehead atoms. The first kappa shape index (κ1) is 19.4. The minimum Gasteiger partial charge on any atom is -0.370 e. The van der Waals surface area contributed by atoms with E-state index in [4.69, 9.17) is 0 Å². The minimum absolute atomic E-state index is 0.0444. The van der Waals surface area contributed by atoms with E-state index in [2.05, 4.69) is 46.4 Å². The topological polar surface area (TPSA) is 50.2 Å². The van der Waals surface area contributed by atoms with Gasteiger partial charge in [-0.05, 0) is 68.3 Å². The van der Waals surface area contributed by atoms with Crippen molar-refractivity contribution in [3.8, 4) is 5.69 Å². The van der Waals surface area contributed by atoms with E-state index >= 15 is 0 Å². The lowest BCUT2D eigenvalue weighted by atomic mass is 9.96. The summed E-state index contributed by atoms with van der Waals surface area (Å²) in [4.78, 5) is 20.0. The Morgan fingerprint density at radius 2 is 1.94 bits per heavy atom. The summed E-state index contributed by atoms with van der Waals surface area (Å²) in [6, 6.07) is 20.4. The van der Waals surface area contributed by atoms with Crippen LogP contribution in [0.1, 0.15) is 18.4 Å². The largest absolute Gasteiger partial charge is 0.370 e. The third kappa shape index (κ3) is 4.04. The second kappa shape index (κ2) is 8.26. The Kier molecular flexibility index (Phi) is 5.16. The Hall–Kier alpha value is -3.60. The van der Waals surface area contributed by atoms with E-state index < -0.39 is 0 Å². The van der Waals surface area contributed by atoms with Crippen molar-refractivity contribution in [2.45, 2.75) is 19.8 Å². The SMILES string of the molecule is Cc1ccc2nccc(N3CCCC(C(=O)Nc4cccc(-n5cccc5)c4)C3)c2c1. The third-order valence-corrected chi connectivity index (χ3v) is 6.02. The lowest BCUT2D eigenvalue weighted by Gasteiger charge is -2.34. The maximum absolute atomic E-state index is 13.1. The molecule has 2 aromatic carbocycles. The van der Waals surface area contributed by atoms with Gasteiger partial charge < -0.3 is 14.8 Å². The van der Waals surface area contributed by atoms with Crippen molar-refractivity contribution in [2.75, 3.05) is 23.3 Å². The van der Waals surface area contributed by atoms with Crippen LogP contribution in [-0.2, 0) is 4.79 Å². The van der Waals surface area contributed by atoms with Gasteiger partial charge in [0.1, 0.15) is 0 Å². The number of fused-ring (bicyclic) bond motifs is 1. The van der Waals surface area contributed by atoms with Gasteiger partial charge in [-0.1, -0.05) is 17.7 Å². The second-order valence-corrected chi connectivity index (χ2v) is 8.27. The molecule has 4 aromatic rings. The number of amides is 1. The number of nitrogens with one attached hydrogen (secondary N) is 1. The third-order valence-electron chi connectivity index (χ3n) is 6.02. The van der Waals surface area contributed by atoms with Crippen LogP contribution < -0.4 is 10.2 Å². The summed E-state index contributed by atoms with van der Waals surface area (Å²) in [5, 5.41) is 4.30. The molecular weight excluding hydrogens is 384 g/mol. The highest BCUT2D eigenvalue weighted by molar-refractivity contribution is 5.95. The van der Waals surface area contributed by atoms with Gasteiger partial charge in [-0.3, -0.25) is 9.78 Å². The molecule has 0 saturated carbocycles. The molecule has 156 valence electrons. The lowest BCUT2D eigenvalue weighted by molar-refractivity contribution is -0.120. The number of piperidine rings is 1. The van der Waals surface area contributed by atoms with Crippen molar-refractivity contribution in [2.24, 2.45) is 5.92 Å². The fourth-order valence-electron chi connectivity index (χ4n) is 4.43. The molecule has 2 aromatic heterocycles. The van der Waals surface area contributed by atoms with Crippen molar-refractivity contribution in [3.63, 3.8) is 0 Å². The number of benzene rings is 2. The molecule has 1 amide bonds. The summed E-state index contributed by atoms with van der Waals surface area (Å²) < 4.78 is 2.04. The Bertz CT molecular complexity index is 1220. The molecule has 1 aliphatic rings. The standard InChI is InChI=1S/C26H26N4O/c1-19-9-10-24-23(16-19)25(11-12-27-24)30-15-5-6-20(18-30)26(31)28-21-7-4-8-22(17-21)29-13-2-3-14-29/h2-4,7-14,16-17,20H,5-6,15,18H2,1H3,(H,28,31). The highest BCUT2D eigenvalue weighted by Crippen LogP contribution is 2.30. The van der Waals surface area contributed by atoms with E-state index in [9.17, 15) is 4.79 Å². The van der Waals surface area contributed by atoms with Gasteiger partial charge in [0.2, 0.25) is 5.91 Å². The highest BCUT2D eigenvalue weighted by Gasteiger charge is 2.27. The molecule has 1 N–H and O–H groups in total. The van der Waals surface area contributed by atoms with Crippen LogP contribution in [0.3, 0.4) is 0 Å². The number of nitrogens with zero attached hydrogens (tertiary/aromatic N) is 3. The predicted octanol–water partition coefficient (Wildman–Crippen LogP) is 5.19. The van der Waals surface area contributed by atoms with Gasteiger partial charge in [0.05, 0.1) is 11.4 Å². The zero-order valence-electron chi connectivity index (χ0n) is 17.7. The fourth-order valence-corrected chi connectivity index (χ4v) is 4.43. The Morgan fingerprint density at radius 1 is 1.06 bits per heavy atom. The molecule has 0 radical (unpaired) electrons. The van der Waals surface area contributed by atoms with Crippen molar-refractivity contribution in [1.82, 2.24) is 9.55 Å². The summed E-state index contributed by atoms with van der Waals surface area (Å²) in [5.41, 5.74) is 5.25. The van der Waals surface area contributed by atoms with E-state index in [1.807, 2.05) is 59.6 Å². The summed E-state index contributed by atoms with van der Waals surface area (Å²) in [6.45, 7) is 3.78. The van der Waals surface area contributed by atoms with Crippen LogP contribution in [0.15, 0.2) is 79.3 Å². The van der Waals surface area contributed by atoms with Gasteiger partial charge in [-0.25, -0.2) is 0 Å². The number of hydrogen-bond donors (Lipinski definition) is 1. The first-order valence-corrected chi connectivity index (χ1v) is 10.8. The average molecular weight is 411 g/mol. The molecule has 31 heavy (non-hydrogen) atoms. The number of carbonyl (C=O) groups is 1. The predicted molar refractivity (Wildman–Crippen MR) is 126 cm³/mol. The normalized spacial score (nSPS) is 16.4. The fraction of sp³-hybridized carbons (Fsp3) is 0.231. The van der Waals surface area contributed by atoms with Gasteiger partial charge in [0.25, 0.3) is 0 Å². The molecule has 1 unspecified atom stereocenters. The molecule has 5 nitrogen and oxygen atoms in total. The van der Waals surface area contributed by atoms with Crippen LogP contribution in [0.2, 0.25) is 0 Å². The zero-order chi connectivity index (χ0) is 21.2. The van der Waals surface area contributed by atoms with Gasteiger partial charge in [-0.2, -0.15) is 0 Å². The van der Waals surface area contributed by atoms with E-state index in [0.29, 0.717) is 0 Å². The first-order valence-electron chi connectivity index (χ1n) is 10.8. The molecule has 1 saturated heterocycles. The maximum atomic E-state index is 13.1. The number of aryl methyl sites for hydroxylation is 1. The molecule has 0 spiro atoms. The quantitative estimate of drug-likeness (QED) is 0.504. The van der Waals surface area contributed by atoms with Crippen LogP contribution in [-0.4, -0.2) is 28.5 Å². The molecule has 0 aliphatic carbocycles. The molecule has 1 aliphatic heterocycles. The number of pyridine rings is 1. The lowest BCUT2D eigenvalue weighted by Crippen LogP contribution is -2.40. The van der Waals surface area contributed by atoms with Crippen LogP contribution in [0.25, 0.3) is 16.6 Å². The summed E-state index contributed by atoms with van der Waals surface area (Å²) in [6.07, 6.45) is 7.77. The number of carbonyl (C=O) groups excluding carboxylic acids is 1. The van der Waals surface area contributed by atoms with E-state index in [1.165, 1.54) is 11.3 Å². The molecule has 3 heterocycles. The Labute approximate surface area is 182 Å². The van der Waals surface area contributed by atoms with Crippen LogP contribution in [0.5, 0.6) is 0 Å². The summed E-state index contributed by atoms with van der Waals surface area (Å²) in [7, 11) is 0. The summed E-state index contributed by atoms with van der Waals surface area (Å²) in [5.74, 6) is 0.0425. The van der Waals surface area contributed by atoms with Crippen LogP contribution in [0.4, 0.5) is 11.4 Å². The molecule has 1 atom stereocenters. The molecule has 5 rings (SSSR count). The van der Waals surface area contributed by atoms with E-state index in [-0.39, 0.29) is 11.8 Å². The van der Waals surface area contributed by atoms with Gasteiger partial charge in [0, 0.05) is 54.1 Å². The van der Waals surface area contributed by atoms with Crippen molar-refractivity contribution in [1.29, 1.82) is 0 Å². The maximum Gasteiger partial charge on any atom is 0.229 e. The van der Waals surface area contributed by atoms with E-state index in [1.54, 1.807) is 0 Å². The number of rotatable bonds is 4. The van der Waals surface area contributed by atoms with Crippen molar-refractivity contribution >= 4 is 28.2 Å². The smallest absolute Gasteiger partial charge is 0.229 e. The van der Waals surface area contributed by atoms with Gasteiger partial charge in [0.15, 0.2) is 0 Å². The highest BCUT2D eigenvalue weighted by atomic mass is 16.1. The molecule has 1 fully saturated rings. The Balaban J connectivity index is 1.34. The number of anilines is 2. The second-order valence-electron chi connectivity index (χ2n) is 8.27. The minimum atomic E-state index is -0.0444. The average Bonchev–Trinajstić information content (AvgIpc) is 3.34. The van der Waals surface area contributed by atoms with E-state index in [0.717, 1.165) is 48.2 Å². The van der Waals surface area contributed by atoms with Crippen LogP contribution in [0, 0.1) is 12.8 Å². The molecule has 5 heteroatoms. The van der Waals surface area contributed by atoms with Gasteiger partial charge >= 0.3 is 0 Å². The number of aromatic nitrogens is 2. The van der Waals surface area contributed by atoms with Gasteiger partial charge in [-0.15, -0.1) is 0 Å². The Morgan fingerprint density at radius 3 is 2.81 bits per heavy atom. The monoisotopic (exact) mass is 410 g/mol. The molecular formula is C26H26N4O. The zero-order valence-corrected chi connectivity index (χ0v) is 17.7. The van der Waals surface area contributed by atoms with Crippen LogP contribution >= 0.6 is 0 Å². The first-order chi connectivity index (χ1) is 15.2. The summed E-state index contributed by atoms with van der Waals surface area (Å²) >= 11 is 0.